The predicted octanol–water partition coefficient (Wildman–Crippen LogP) is 9.07. The Morgan fingerprint density at radius 1 is 0.909 bits per heavy atom. The molecule has 4 unspecified atom stereocenters. The van der Waals surface area contributed by atoms with Crippen LogP contribution in [0.4, 0.5) is 13.2 Å². The third kappa shape index (κ3) is 14.9. The molecule has 0 bridgehead atoms. The number of aliphatic hydroxyl groups excluding tert-OH is 1. The molecule has 0 heterocycles. The Hall–Kier alpha value is -0.0000000000000000208. The van der Waals surface area contributed by atoms with E-state index >= 15 is 0 Å². The molecular formula is C27H50ClF3O2. The molecule has 1 N–H and O–H groups in total. The van der Waals surface area contributed by atoms with E-state index in [4.69, 9.17) is 16.3 Å². The SMILES string of the molecule is CCCCC(CCO)CCCC(CCCC(CC(F)(F)CC(F)Cl)C1CCCCC1)OCC. The van der Waals surface area contributed by atoms with E-state index in [2.05, 4.69) is 6.92 Å². The molecule has 2 nitrogen and oxygen atoms in total. The zero-order chi connectivity index (χ0) is 24.5. The molecule has 0 aliphatic heterocycles. The van der Waals surface area contributed by atoms with Crippen molar-refractivity contribution < 1.29 is 23.0 Å². The van der Waals surface area contributed by atoms with E-state index in [1.165, 1.54) is 25.7 Å². The molecule has 1 saturated carbocycles. The van der Waals surface area contributed by atoms with E-state index in [9.17, 15) is 18.3 Å². The second-order valence-corrected chi connectivity index (χ2v) is 10.7. The van der Waals surface area contributed by atoms with Crippen molar-refractivity contribution >= 4 is 11.6 Å². The highest BCUT2D eigenvalue weighted by molar-refractivity contribution is 6.19. The van der Waals surface area contributed by atoms with Crippen molar-refractivity contribution in [2.75, 3.05) is 13.2 Å². The van der Waals surface area contributed by atoms with Crippen LogP contribution in [0.15, 0.2) is 0 Å². The summed E-state index contributed by atoms with van der Waals surface area (Å²) in [6.07, 6.45) is 14.6. The van der Waals surface area contributed by atoms with Crippen LogP contribution in [-0.2, 0) is 4.74 Å². The first-order valence-corrected chi connectivity index (χ1v) is 14.1. The van der Waals surface area contributed by atoms with Gasteiger partial charge in [0.05, 0.1) is 12.5 Å². The number of aliphatic hydroxyl groups is 1. The van der Waals surface area contributed by atoms with Crippen LogP contribution in [0.2, 0.25) is 0 Å². The van der Waals surface area contributed by atoms with Crippen molar-refractivity contribution in [1.82, 2.24) is 0 Å². The number of alkyl halides is 4. The van der Waals surface area contributed by atoms with Crippen molar-refractivity contribution in [2.45, 2.75) is 141 Å². The average molecular weight is 499 g/mol. The molecule has 0 amide bonds. The molecule has 0 saturated heterocycles. The molecule has 1 aliphatic carbocycles. The van der Waals surface area contributed by atoms with Crippen LogP contribution >= 0.6 is 11.6 Å². The lowest BCUT2D eigenvalue weighted by Gasteiger charge is -2.33. The van der Waals surface area contributed by atoms with E-state index < -0.39 is 18.0 Å². The molecule has 0 radical (unpaired) electrons. The van der Waals surface area contributed by atoms with Crippen LogP contribution in [0, 0.1) is 17.8 Å². The normalized spacial score (nSPS) is 19.4. The topological polar surface area (TPSA) is 29.5 Å². The highest BCUT2D eigenvalue weighted by Gasteiger charge is 2.38. The highest BCUT2D eigenvalue weighted by atomic mass is 35.5. The fourth-order valence-electron chi connectivity index (χ4n) is 5.70. The summed E-state index contributed by atoms with van der Waals surface area (Å²) in [4.78, 5) is 0. The van der Waals surface area contributed by atoms with Gasteiger partial charge in [0, 0.05) is 19.6 Å². The van der Waals surface area contributed by atoms with Gasteiger partial charge in [0.15, 0.2) is 5.63 Å². The summed E-state index contributed by atoms with van der Waals surface area (Å²) < 4.78 is 47.9. The fraction of sp³-hybridized carbons (Fsp3) is 1.00. The Morgan fingerprint density at radius 2 is 1.55 bits per heavy atom. The fourth-order valence-corrected chi connectivity index (χ4v) is 5.93. The second-order valence-electron chi connectivity index (χ2n) is 10.3. The lowest BCUT2D eigenvalue weighted by molar-refractivity contribution is -0.0509. The van der Waals surface area contributed by atoms with Gasteiger partial charge in [-0.25, -0.2) is 13.2 Å². The first-order chi connectivity index (χ1) is 15.8. The van der Waals surface area contributed by atoms with Gasteiger partial charge in [0.25, 0.3) is 5.92 Å². The van der Waals surface area contributed by atoms with Crippen molar-refractivity contribution in [3.05, 3.63) is 0 Å². The minimum atomic E-state index is -3.04. The van der Waals surface area contributed by atoms with Crippen LogP contribution in [0.25, 0.3) is 0 Å². The van der Waals surface area contributed by atoms with E-state index in [-0.39, 0.29) is 25.0 Å². The second kappa shape index (κ2) is 18.3. The number of rotatable bonds is 20. The number of hydrogen-bond acceptors (Lipinski definition) is 2. The number of unbranched alkanes of at least 4 members (excludes halogenated alkanes) is 1. The first-order valence-electron chi connectivity index (χ1n) is 13.7. The standard InChI is InChI=1S/C27H50ClF3O2/c1-3-5-11-22(18-19-32)12-9-16-25(33-4-2)17-10-15-24(23-13-7-6-8-14-23)20-27(30,31)21-26(28)29/h22-26,32H,3-21H2,1-2H3. The monoisotopic (exact) mass is 498 g/mol. The summed E-state index contributed by atoms with van der Waals surface area (Å²) in [7, 11) is 0. The van der Waals surface area contributed by atoms with Crippen LogP contribution in [0.5, 0.6) is 0 Å². The summed E-state index contributed by atoms with van der Waals surface area (Å²) in [6.45, 7) is 5.12. The molecule has 0 aromatic rings. The summed E-state index contributed by atoms with van der Waals surface area (Å²) in [6, 6.07) is 0. The molecular weight excluding hydrogens is 449 g/mol. The maximum absolute atomic E-state index is 14.4. The number of halogens is 4. The lowest BCUT2D eigenvalue weighted by atomic mass is 9.75. The van der Waals surface area contributed by atoms with Gasteiger partial charge in [-0.3, -0.25) is 0 Å². The van der Waals surface area contributed by atoms with Gasteiger partial charge >= 0.3 is 0 Å². The van der Waals surface area contributed by atoms with Gasteiger partial charge in [-0.1, -0.05) is 89.2 Å². The molecule has 1 aliphatic rings. The summed E-state index contributed by atoms with van der Waals surface area (Å²) >= 11 is 5.25. The lowest BCUT2D eigenvalue weighted by Crippen LogP contribution is -2.29. The smallest absolute Gasteiger partial charge is 0.252 e. The van der Waals surface area contributed by atoms with Crippen molar-refractivity contribution in [3.8, 4) is 0 Å². The molecule has 33 heavy (non-hydrogen) atoms. The van der Waals surface area contributed by atoms with Gasteiger partial charge in [-0.15, -0.1) is 0 Å². The van der Waals surface area contributed by atoms with Crippen LogP contribution in [-0.4, -0.2) is 36.0 Å². The Morgan fingerprint density at radius 3 is 2.12 bits per heavy atom. The van der Waals surface area contributed by atoms with Crippen LogP contribution in [0.3, 0.4) is 0 Å². The van der Waals surface area contributed by atoms with Gasteiger partial charge in [-0.05, 0) is 50.4 Å². The van der Waals surface area contributed by atoms with Crippen LogP contribution in [0.1, 0.15) is 123 Å². The van der Waals surface area contributed by atoms with E-state index in [1.54, 1.807) is 0 Å². The minimum absolute atomic E-state index is 0.0685. The molecule has 0 aromatic carbocycles. The van der Waals surface area contributed by atoms with Gasteiger partial charge in [0.1, 0.15) is 0 Å². The maximum Gasteiger partial charge on any atom is 0.252 e. The summed E-state index contributed by atoms with van der Waals surface area (Å²) in [5, 5.41) is 9.33. The predicted molar refractivity (Wildman–Crippen MR) is 133 cm³/mol. The van der Waals surface area contributed by atoms with Crippen molar-refractivity contribution in [2.24, 2.45) is 17.8 Å². The average Bonchev–Trinajstić information content (AvgIpc) is 2.76. The van der Waals surface area contributed by atoms with E-state index in [1.807, 2.05) is 6.92 Å². The summed E-state index contributed by atoms with van der Waals surface area (Å²) in [5.74, 6) is -2.21. The van der Waals surface area contributed by atoms with Crippen molar-refractivity contribution in [3.63, 3.8) is 0 Å². The Labute approximate surface area is 206 Å². The summed E-state index contributed by atoms with van der Waals surface area (Å²) in [5.41, 5.74) is -1.98. The molecule has 4 atom stereocenters. The maximum atomic E-state index is 14.4. The molecule has 6 heteroatoms. The van der Waals surface area contributed by atoms with Crippen LogP contribution < -0.4 is 0 Å². The molecule has 1 rings (SSSR count). The Balaban J connectivity index is 2.55. The van der Waals surface area contributed by atoms with Crippen molar-refractivity contribution in [1.29, 1.82) is 0 Å². The molecule has 1 fully saturated rings. The molecule has 0 spiro atoms. The van der Waals surface area contributed by atoms with Gasteiger partial charge in [0.2, 0.25) is 0 Å². The van der Waals surface area contributed by atoms with Gasteiger partial charge < -0.3 is 9.84 Å². The minimum Gasteiger partial charge on any atom is -0.396 e. The highest BCUT2D eigenvalue weighted by Crippen LogP contribution is 2.41. The first kappa shape index (κ1) is 31.0. The Kier molecular flexibility index (Phi) is 17.2. The largest absolute Gasteiger partial charge is 0.396 e. The third-order valence-electron chi connectivity index (χ3n) is 7.48. The third-order valence-corrected chi connectivity index (χ3v) is 7.63. The van der Waals surface area contributed by atoms with Gasteiger partial charge in [-0.2, -0.15) is 0 Å². The molecule has 198 valence electrons. The van der Waals surface area contributed by atoms with E-state index in [0.29, 0.717) is 18.4 Å². The number of ether oxygens (including phenoxy) is 1. The Bertz CT molecular complexity index is 459. The van der Waals surface area contributed by atoms with E-state index in [0.717, 1.165) is 70.6 Å². The zero-order valence-corrected chi connectivity index (χ0v) is 21.9. The molecule has 0 aromatic heterocycles. The quantitative estimate of drug-likeness (QED) is 0.169. The number of hydrogen-bond donors (Lipinski definition) is 1. The zero-order valence-electron chi connectivity index (χ0n) is 21.2.